The monoisotopic (exact) mass is 312 g/mol. The van der Waals surface area contributed by atoms with E-state index in [0.29, 0.717) is 18.5 Å². The van der Waals surface area contributed by atoms with Crippen LogP contribution in [0.25, 0.3) is 10.9 Å². The Kier molecular flexibility index (Phi) is 3.27. The van der Waals surface area contributed by atoms with Gasteiger partial charge in [0.15, 0.2) is 0 Å². The standard InChI is InChI=1S/C17H17FN4O/c1-21-17(23)7-11-9-22(6-5-15(11)20-21)10-12-8-13-14(18)3-2-4-16(13)19-12/h2-4,7-8,19H,5-6,9-10H2,1H3. The van der Waals surface area contributed by atoms with Gasteiger partial charge in [0.25, 0.3) is 5.56 Å². The van der Waals surface area contributed by atoms with Gasteiger partial charge in [0.2, 0.25) is 0 Å². The number of aromatic amines is 1. The zero-order valence-corrected chi connectivity index (χ0v) is 12.8. The Labute approximate surface area is 132 Å². The summed E-state index contributed by atoms with van der Waals surface area (Å²) >= 11 is 0. The number of hydrogen-bond donors (Lipinski definition) is 1. The molecule has 1 aliphatic rings. The molecule has 0 bridgehead atoms. The number of nitrogens with zero attached hydrogens (tertiary/aromatic N) is 3. The van der Waals surface area contributed by atoms with Gasteiger partial charge in [-0.05, 0) is 23.8 Å². The number of benzene rings is 1. The maximum atomic E-state index is 13.8. The average molecular weight is 312 g/mol. The van der Waals surface area contributed by atoms with E-state index in [0.717, 1.165) is 35.4 Å². The summed E-state index contributed by atoms with van der Waals surface area (Å²) in [6.07, 6.45) is 0.818. The van der Waals surface area contributed by atoms with Gasteiger partial charge in [-0.1, -0.05) is 6.07 Å². The van der Waals surface area contributed by atoms with Crippen LogP contribution in [0.2, 0.25) is 0 Å². The lowest BCUT2D eigenvalue weighted by atomic mass is 10.1. The van der Waals surface area contributed by atoms with Gasteiger partial charge in [-0.15, -0.1) is 0 Å². The smallest absolute Gasteiger partial charge is 0.266 e. The van der Waals surface area contributed by atoms with Crippen LogP contribution >= 0.6 is 0 Å². The molecule has 0 aliphatic carbocycles. The van der Waals surface area contributed by atoms with Crippen molar-refractivity contribution < 1.29 is 4.39 Å². The number of nitrogens with one attached hydrogen (secondary N) is 1. The number of aromatic nitrogens is 3. The second-order valence-corrected chi connectivity index (χ2v) is 6.03. The molecule has 0 spiro atoms. The minimum atomic E-state index is -0.207. The molecule has 0 radical (unpaired) electrons. The predicted molar refractivity (Wildman–Crippen MR) is 85.6 cm³/mol. The normalized spacial score (nSPS) is 15.0. The number of halogens is 1. The number of rotatable bonds is 2. The van der Waals surface area contributed by atoms with E-state index in [1.54, 1.807) is 19.2 Å². The van der Waals surface area contributed by atoms with Crippen molar-refractivity contribution >= 4 is 10.9 Å². The summed E-state index contributed by atoms with van der Waals surface area (Å²) in [6, 6.07) is 8.58. The Hall–Kier alpha value is -2.47. The fraction of sp³-hybridized carbons (Fsp3) is 0.294. The lowest BCUT2D eigenvalue weighted by molar-refractivity contribution is 0.239. The molecule has 118 valence electrons. The van der Waals surface area contributed by atoms with Crippen LogP contribution in [0.1, 0.15) is 17.0 Å². The molecular formula is C17H17FN4O. The van der Waals surface area contributed by atoms with Crippen molar-refractivity contribution in [3.05, 3.63) is 63.5 Å². The van der Waals surface area contributed by atoms with Crippen molar-refractivity contribution in [3.8, 4) is 0 Å². The van der Waals surface area contributed by atoms with Crippen molar-refractivity contribution in [2.24, 2.45) is 7.05 Å². The fourth-order valence-electron chi connectivity index (χ4n) is 3.19. The molecule has 1 N–H and O–H groups in total. The third kappa shape index (κ3) is 2.55. The molecule has 0 saturated heterocycles. The molecule has 0 saturated carbocycles. The Morgan fingerprint density at radius 2 is 2.22 bits per heavy atom. The van der Waals surface area contributed by atoms with Gasteiger partial charge in [-0.25, -0.2) is 9.07 Å². The molecule has 23 heavy (non-hydrogen) atoms. The molecule has 6 heteroatoms. The van der Waals surface area contributed by atoms with Crippen molar-refractivity contribution in [1.82, 2.24) is 19.7 Å². The maximum Gasteiger partial charge on any atom is 0.266 e. The lowest BCUT2D eigenvalue weighted by Crippen LogP contribution is -2.34. The number of hydrogen-bond acceptors (Lipinski definition) is 3. The van der Waals surface area contributed by atoms with Gasteiger partial charge < -0.3 is 4.98 Å². The van der Waals surface area contributed by atoms with E-state index in [1.165, 1.54) is 10.7 Å². The van der Waals surface area contributed by atoms with Crippen LogP contribution in [0.4, 0.5) is 4.39 Å². The first-order chi connectivity index (χ1) is 11.1. The van der Waals surface area contributed by atoms with Gasteiger partial charge in [-0.3, -0.25) is 9.69 Å². The third-order valence-electron chi connectivity index (χ3n) is 4.38. The molecule has 0 atom stereocenters. The topological polar surface area (TPSA) is 53.9 Å². The van der Waals surface area contributed by atoms with Gasteiger partial charge in [0.1, 0.15) is 5.82 Å². The van der Waals surface area contributed by atoms with Gasteiger partial charge >= 0.3 is 0 Å². The van der Waals surface area contributed by atoms with Crippen LogP contribution in [0.5, 0.6) is 0 Å². The molecule has 0 fully saturated rings. The van der Waals surface area contributed by atoms with E-state index in [4.69, 9.17) is 0 Å². The average Bonchev–Trinajstić information content (AvgIpc) is 2.93. The second-order valence-electron chi connectivity index (χ2n) is 6.03. The molecule has 2 aromatic heterocycles. The highest BCUT2D eigenvalue weighted by Gasteiger charge is 2.19. The van der Waals surface area contributed by atoms with E-state index in [1.807, 2.05) is 12.1 Å². The zero-order valence-electron chi connectivity index (χ0n) is 12.8. The molecule has 3 heterocycles. The highest BCUT2D eigenvalue weighted by Crippen LogP contribution is 2.22. The summed E-state index contributed by atoms with van der Waals surface area (Å²) in [4.78, 5) is 17.3. The Bertz CT molecular complexity index is 943. The van der Waals surface area contributed by atoms with Crippen molar-refractivity contribution in [2.75, 3.05) is 6.54 Å². The molecule has 1 aliphatic heterocycles. The van der Waals surface area contributed by atoms with Gasteiger partial charge in [0, 0.05) is 55.8 Å². The van der Waals surface area contributed by atoms with Crippen molar-refractivity contribution in [1.29, 1.82) is 0 Å². The summed E-state index contributed by atoms with van der Waals surface area (Å²) in [5.74, 6) is -0.207. The van der Waals surface area contributed by atoms with E-state index in [-0.39, 0.29) is 11.4 Å². The number of fused-ring (bicyclic) bond motifs is 2. The predicted octanol–water partition coefficient (Wildman–Crippen LogP) is 1.96. The fourth-order valence-corrected chi connectivity index (χ4v) is 3.19. The van der Waals surface area contributed by atoms with Crippen LogP contribution in [0.15, 0.2) is 35.1 Å². The Morgan fingerprint density at radius 1 is 1.35 bits per heavy atom. The van der Waals surface area contributed by atoms with Crippen LogP contribution in [-0.4, -0.2) is 26.2 Å². The maximum absolute atomic E-state index is 13.8. The third-order valence-corrected chi connectivity index (χ3v) is 4.38. The highest BCUT2D eigenvalue weighted by atomic mass is 19.1. The van der Waals surface area contributed by atoms with E-state index in [2.05, 4.69) is 15.0 Å². The SMILES string of the molecule is Cn1nc2c(cc1=O)CN(Cc1cc3c(F)cccc3[nH]1)CC2. The summed E-state index contributed by atoms with van der Waals surface area (Å²) in [5.41, 5.74) is 3.68. The highest BCUT2D eigenvalue weighted by molar-refractivity contribution is 5.80. The zero-order chi connectivity index (χ0) is 16.0. The molecule has 0 amide bonds. The van der Waals surface area contributed by atoms with Gasteiger partial charge in [-0.2, -0.15) is 5.10 Å². The molecule has 4 rings (SSSR count). The number of H-pyrrole nitrogens is 1. The van der Waals surface area contributed by atoms with Crippen molar-refractivity contribution in [2.45, 2.75) is 19.5 Å². The molecule has 3 aromatic rings. The summed E-state index contributed by atoms with van der Waals surface area (Å²) in [6.45, 7) is 2.26. The summed E-state index contributed by atoms with van der Waals surface area (Å²) < 4.78 is 15.2. The first kappa shape index (κ1) is 14.1. The first-order valence-electron chi connectivity index (χ1n) is 7.65. The van der Waals surface area contributed by atoms with E-state index >= 15 is 0 Å². The second kappa shape index (κ2) is 5.31. The molecule has 5 nitrogen and oxygen atoms in total. The number of aryl methyl sites for hydroxylation is 1. The minimum Gasteiger partial charge on any atom is -0.357 e. The minimum absolute atomic E-state index is 0.0849. The lowest BCUT2D eigenvalue weighted by Gasteiger charge is -2.27. The van der Waals surface area contributed by atoms with E-state index < -0.39 is 0 Å². The molecule has 1 aromatic carbocycles. The quantitative estimate of drug-likeness (QED) is 0.787. The van der Waals surface area contributed by atoms with Crippen LogP contribution in [0.3, 0.4) is 0 Å². The summed E-state index contributed by atoms with van der Waals surface area (Å²) in [7, 11) is 1.67. The van der Waals surface area contributed by atoms with Crippen molar-refractivity contribution in [3.63, 3.8) is 0 Å². The van der Waals surface area contributed by atoms with Crippen LogP contribution < -0.4 is 5.56 Å². The summed E-state index contributed by atoms with van der Waals surface area (Å²) in [5, 5.41) is 4.94. The molecule has 0 unspecified atom stereocenters. The first-order valence-corrected chi connectivity index (χ1v) is 7.65. The Morgan fingerprint density at radius 3 is 3.04 bits per heavy atom. The van der Waals surface area contributed by atoms with E-state index in [9.17, 15) is 9.18 Å². The largest absolute Gasteiger partial charge is 0.357 e. The molecular weight excluding hydrogens is 295 g/mol. The van der Waals surface area contributed by atoms with Gasteiger partial charge in [0.05, 0.1) is 5.69 Å². The Balaban J connectivity index is 1.58. The van der Waals surface area contributed by atoms with Crippen LogP contribution in [0, 0.1) is 5.82 Å². The van der Waals surface area contributed by atoms with Crippen LogP contribution in [-0.2, 0) is 26.6 Å².